The van der Waals surface area contributed by atoms with E-state index in [9.17, 15) is 4.79 Å². The summed E-state index contributed by atoms with van der Waals surface area (Å²) in [6.45, 7) is 0. The predicted molar refractivity (Wildman–Crippen MR) is 85.7 cm³/mol. The molecule has 0 aromatic heterocycles. The monoisotopic (exact) mass is 402 g/mol. The normalized spacial score (nSPS) is 10.3. The maximum Gasteiger partial charge on any atom is 0.257 e. The van der Waals surface area contributed by atoms with Crippen LogP contribution in [0.5, 0.6) is 0 Å². The van der Waals surface area contributed by atoms with Crippen LogP contribution in [0.2, 0.25) is 5.02 Å². The summed E-state index contributed by atoms with van der Waals surface area (Å²) in [7, 11) is 0. The molecule has 98 valence electrons. The summed E-state index contributed by atoms with van der Waals surface area (Å²) >= 11 is 12.6. The molecule has 0 unspecified atom stereocenters. The van der Waals surface area contributed by atoms with E-state index < -0.39 is 0 Å². The lowest BCUT2D eigenvalue weighted by atomic mass is 10.1. The summed E-state index contributed by atoms with van der Waals surface area (Å²) < 4.78 is 1.65. The minimum Gasteiger partial charge on any atom is -0.398 e. The lowest BCUT2D eigenvalue weighted by molar-refractivity contribution is 0.102. The second-order valence-electron chi connectivity index (χ2n) is 3.81. The van der Waals surface area contributed by atoms with Crippen LogP contribution in [0.3, 0.4) is 0 Å². The van der Waals surface area contributed by atoms with Gasteiger partial charge >= 0.3 is 0 Å². The Kier molecular flexibility index (Phi) is 4.50. The Balaban J connectivity index is 2.30. The average Bonchev–Trinajstić information content (AvgIpc) is 2.36. The number of benzene rings is 2. The van der Waals surface area contributed by atoms with E-state index in [1.165, 1.54) is 6.07 Å². The van der Waals surface area contributed by atoms with E-state index in [0.717, 1.165) is 8.95 Å². The standard InChI is InChI=1S/C13H9Br2ClN2O/c14-7-1-3-10(15)12(5-7)18-13(19)9-6-8(16)2-4-11(9)17/h1-6H,17H2,(H,18,19). The fraction of sp³-hybridized carbons (Fsp3) is 0. The van der Waals surface area contributed by atoms with Gasteiger partial charge in [-0.1, -0.05) is 27.5 Å². The first-order valence-electron chi connectivity index (χ1n) is 5.29. The molecule has 0 atom stereocenters. The van der Waals surface area contributed by atoms with E-state index in [1.54, 1.807) is 18.2 Å². The van der Waals surface area contributed by atoms with Gasteiger partial charge in [-0.3, -0.25) is 4.79 Å². The Bertz CT molecular complexity index is 647. The molecular weight excluding hydrogens is 395 g/mol. The molecule has 6 heteroatoms. The Morgan fingerprint density at radius 2 is 1.89 bits per heavy atom. The van der Waals surface area contributed by atoms with Crippen LogP contribution in [-0.4, -0.2) is 5.91 Å². The molecule has 19 heavy (non-hydrogen) atoms. The molecule has 2 rings (SSSR count). The van der Waals surface area contributed by atoms with Crippen molar-refractivity contribution < 1.29 is 4.79 Å². The molecule has 0 spiro atoms. The van der Waals surface area contributed by atoms with Crippen molar-refractivity contribution in [3.05, 3.63) is 55.9 Å². The number of carbonyl (C=O) groups excluding carboxylic acids is 1. The molecule has 0 heterocycles. The van der Waals surface area contributed by atoms with Crippen molar-refractivity contribution in [3.63, 3.8) is 0 Å². The number of hydrogen-bond acceptors (Lipinski definition) is 2. The summed E-state index contributed by atoms with van der Waals surface area (Å²) in [5.74, 6) is -0.307. The van der Waals surface area contributed by atoms with Crippen LogP contribution in [0, 0.1) is 0 Å². The summed E-state index contributed by atoms with van der Waals surface area (Å²) in [4.78, 5) is 12.2. The molecule has 2 aromatic carbocycles. The van der Waals surface area contributed by atoms with E-state index in [2.05, 4.69) is 37.2 Å². The first-order valence-corrected chi connectivity index (χ1v) is 7.25. The first kappa shape index (κ1) is 14.4. The van der Waals surface area contributed by atoms with Gasteiger partial charge in [0.2, 0.25) is 0 Å². The van der Waals surface area contributed by atoms with Gasteiger partial charge in [0.15, 0.2) is 0 Å². The van der Waals surface area contributed by atoms with Crippen molar-refractivity contribution in [1.29, 1.82) is 0 Å². The summed E-state index contributed by atoms with van der Waals surface area (Å²) in [6.07, 6.45) is 0. The van der Waals surface area contributed by atoms with Gasteiger partial charge in [0.1, 0.15) is 0 Å². The lowest BCUT2D eigenvalue weighted by Crippen LogP contribution is -2.14. The van der Waals surface area contributed by atoms with E-state index in [1.807, 2.05) is 12.1 Å². The molecule has 0 saturated heterocycles. The van der Waals surface area contributed by atoms with E-state index >= 15 is 0 Å². The van der Waals surface area contributed by atoms with Crippen molar-refractivity contribution >= 4 is 60.7 Å². The highest BCUT2D eigenvalue weighted by molar-refractivity contribution is 9.11. The first-order chi connectivity index (χ1) is 8.97. The molecule has 0 fully saturated rings. The van der Waals surface area contributed by atoms with E-state index in [4.69, 9.17) is 17.3 Å². The van der Waals surface area contributed by atoms with Crippen molar-refractivity contribution in [2.75, 3.05) is 11.1 Å². The zero-order chi connectivity index (χ0) is 14.0. The highest BCUT2D eigenvalue weighted by Gasteiger charge is 2.12. The Hall–Kier alpha value is -1.04. The van der Waals surface area contributed by atoms with Gasteiger partial charge in [-0.25, -0.2) is 0 Å². The SMILES string of the molecule is Nc1ccc(Cl)cc1C(=O)Nc1cc(Br)ccc1Br. The molecule has 0 aliphatic carbocycles. The topological polar surface area (TPSA) is 55.1 Å². The van der Waals surface area contributed by atoms with Gasteiger partial charge < -0.3 is 11.1 Å². The summed E-state index contributed by atoms with van der Waals surface area (Å²) in [5.41, 5.74) is 7.15. The number of rotatable bonds is 2. The molecule has 0 radical (unpaired) electrons. The molecule has 0 aliphatic heterocycles. The highest BCUT2D eigenvalue weighted by Crippen LogP contribution is 2.27. The van der Waals surface area contributed by atoms with Gasteiger partial charge in [0.05, 0.1) is 11.3 Å². The second-order valence-corrected chi connectivity index (χ2v) is 6.02. The van der Waals surface area contributed by atoms with Crippen molar-refractivity contribution in [1.82, 2.24) is 0 Å². The third kappa shape index (κ3) is 3.49. The molecule has 0 saturated carbocycles. The Morgan fingerprint density at radius 1 is 1.16 bits per heavy atom. The second kappa shape index (κ2) is 5.94. The zero-order valence-electron chi connectivity index (χ0n) is 9.58. The fourth-order valence-electron chi connectivity index (χ4n) is 1.51. The number of amides is 1. The van der Waals surface area contributed by atoms with Gasteiger partial charge in [-0.05, 0) is 52.3 Å². The summed E-state index contributed by atoms with van der Waals surface area (Å²) in [6, 6.07) is 10.3. The minimum atomic E-state index is -0.307. The van der Waals surface area contributed by atoms with Crippen LogP contribution in [0.15, 0.2) is 45.3 Å². The van der Waals surface area contributed by atoms with Crippen LogP contribution < -0.4 is 11.1 Å². The molecule has 0 bridgehead atoms. The maximum atomic E-state index is 12.2. The van der Waals surface area contributed by atoms with Crippen LogP contribution in [0.25, 0.3) is 0 Å². The molecular formula is C13H9Br2ClN2O. The van der Waals surface area contributed by atoms with Gasteiger partial charge in [0.25, 0.3) is 5.91 Å². The molecule has 0 aliphatic rings. The average molecular weight is 404 g/mol. The number of nitrogens with one attached hydrogen (secondary N) is 1. The number of anilines is 2. The minimum absolute atomic E-state index is 0.307. The van der Waals surface area contributed by atoms with Gasteiger partial charge in [-0.15, -0.1) is 0 Å². The van der Waals surface area contributed by atoms with Crippen LogP contribution >= 0.6 is 43.5 Å². The maximum absolute atomic E-state index is 12.2. The molecule has 1 amide bonds. The molecule has 3 N–H and O–H groups in total. The Morgan fingerprint density at radius 3 is 2.63 bits per heavy atom. The van der Waals surface area contributed by atoms with Crippen LogP contribution in [-0.2, 0) is 0 Å². The number of nitrogen functional groups attached to an aromatic ring is 1. The van der Waals surface area contributed by atoms with Gasteiger partial charge in [0, 0.05) is 19.7 Å². The quantitative estimate of drug-likeness (QED) is 0.713. The number of nitrogens with two attached hydrogens (primary N) is 1. The van der Waals surface area contributed by atoms with Crippen LogP contribution in [0.4, 0.5) is 11.4 Å². The number of hydrogen-bond donors (Lipinski definition) is 2. The van der Waals surface area contributed by atoms with Crippen molar-refractivity contribution in [3.8, 4) is 0 Å². The number of carbonyl (C=O) groups is 1. The van der Waals surface area contributed by atoms with Crippen molar-refractivity contribution in [2.45, 2.75) is 0 Å². The van der Waals surface area contributed by atoms with Gasteiger partial charge in [-0.2, -0.15) is 0 Å². The van der Waals surface area contributed by atoms with E-state index in [0.29, 0.717) is 22.0 Å². The predicted octanol–water partition coefficient (Wildman–Crippen LogP) is 4.70. The highest BCUT2D eigenvalue weighted by atomic mass is 79.9. The van der Waals surface area contributed by atoms with Crippen molar-refractivity contribution in [2.24, 2.45) is 0 Å². The van der Waals surface area contributed by atoms with Crippen LogP contribution in [0.1, 0.15) is 10.4 Å². The lowest BCUT2D eigenvalue weighted by Gasteiger charge is -2.10. The Labute approximate surface area is 132 Å². The smallest absolute Gasteiger partial charge is 0.257 e. The number of halogens is 3. The zero-order valence-corrected chi connectivity index (χ0v) is 13.5. The third-order valence-corrected chi connectivity index (χ3v) is 3.86. The molecule has 3 nitrogen and oxygen atoms in total. The van der Waals surface area contributed by atoms with E-state index in [-0.39, 0.29) is 5.91 Å². The summed E-state index contributed by atoms with van der Waals surface area (Å²) in [5, 5.41) is 3.25. The third-order valence-electron chi connectivity index (χ3n) is 2.44. The largest absolute Gasteiger partial charge is 0.398 e. The molecule has 2 aromatic rings. The fourth-order valence-corrected chi connectivity index (χ4v) is 2.39.